The van der Waals surface area contributed by atoms with E-state index in [1.807, 2.05) is 7.05 Å². The zero-order chi connectivity index (χ0) is 18.2. The van der Waals surface area contributed by atoms with Crippen molar-refractivity contribution in [2.24, 2.45) is 0 Å². The van der Waals surface area contributed by atoms with Gasteiger partial charge in [-0.1, -0.05) is 72.8 Å². The summed E-state index contributed by atoms with van der Waals surface area (Å²) < 4.78 is 2.50. The molecule has 1 aliphatic carbocycles. The van der Waals surface area contributed by atoms with Gasteiger partial charge >= 0.3 is 0 Å². The molecular formula is C25H22N2. The van der Waals surface area contributed by atoms with Gasteiger partial charge in [0, 0.05) is 23.5 Å². The summed E-state index contributed by atoms with van der Waals surface area (Å²) in [5.41, 5.74) is 6.29. The third-order valence-corrected chi connectivity index (χ3v) is 5.50. The highest BCUT2D eigenvalue weighted by Gasteiger charge is 2.20. The lowest BCUT2D eigenvalue weighted by Crippen LogP contribution is -2.06. The summed E-state index contributed by atoms with van der Waals surface area (Å²) in [7, 11) is 2.01. The molecule has 0 bridgehead atoms. The Labute approximate surface area is 159 Å². The molecule has 1 heterocycles. The average Bonchev–Trinajstić information content (AvgIpc) is 3.09. The number of nitrogens with zero attached hydrogens (tertiary/aromatic N) is 1. The first kappa shape index (κ1) is 16.0. The van der Waals surface area contributed by atoms with Crippen molar-refractivity contribution in [1.82, 2.24) is 4.57 Å². The van der Waals surface area contributed by atoms with Crippen molar-refractivity contribution in [2.45, 2.75) is 12.5 Å². The van der Waals surface area contributed by atoms with Crippen LogP contribution >= 0.6 is 0 Å². The smallest absolute Gasteiger partial charge is 0.0560 e. The van der Waals surface area contributed by atoms with Gasteiger partial charge in [-0.05, 0) is 35.7 Å². The first-order valence-electron chi connectivity index (χ1n) is 9.50. The predicted octanol–water partition coefficient (Wildman–Crippen LogP) is 6.56. The summed E-state index contributed by atoms with van der Waals surface area (Å²) in [6, 6.07) is 24.3. The molecule has 3 aromatic carbocycles. The van der Waals surface area contributed by atoms with Gasteiger partial charge in [-0.2, -0.15) is 0 Å². The predicted molar refractivity (Wildman–Crippen MR) is 116 cm³/mol. The van der Waals surface area contributed by atoms with Gasteiger partial charge in [0.25, 0.3) is 0 Å². The van der Waals surface area contributed by atoms with Crippen LogP contribution in [0.25, 0.3) is 32.9 Å². The quantitative estimate of drug-likeness (QED) is 0.443. The molecule has 1 unspecified atom stereocenters. The molecule has 2 heteroatoms. The zero-order valence-corrected chi connectivity index (χ0v) is 15.4. The topological polar surface area (TPSA) is 17.0 Å². The van der Waals surface area contributed by atoms with E-state index < -0.39 is 0 Å². The normalized spacial score (nSPS) is 16.3. The Bertz CT molecular complexity index is 1180. The van der Waals surface area contributed by atoms with E-state index in [0.29, 0.717) is 6.04 Å². The first-order valence-corrected chi connectivity index (χ1v) is 9.50. The highest BCUT2D eigenvalue weighted by atomic mass is 15.0. The Morgan fingerprint density at radius 3 is 2.33 bits per heavy atom. The van der Waals surface area contributed by atoms with Crippen LogP contribution in [0.15, 0.2) is 91.0 Å². The third kappa shape index (κ3) is 2.48. The fourth-order valence-corrected chi connectivity index (χ4v) is 4.32. The van der Waals surface area contributed by atoms with Crippen LogP contribution < -0.4 is 5.32 Å². The highest BCUT2D eigenvalue weighted by Crippen LogP contribution is 2.42. The molecule has 0 fully saturated rings. The van der Waals surface area contributed by atoms with Crippen LogP contribution in [0.5, 0.6) is 0 Å². The van der Waals surface area contributed by atoms with Crippen LogP contribution in [-0.4, -0.2) is 11.6 Å². The molecule has 1 aliphatic rings. The van der Waals surface area contributed by atoms with E-state index in [2.05, 4.69) is 101 Å². The molecule has 5 rings (SSSR count). The molecule has 0 spiro atoms. The van der Waals surface area contributed by atoms with Gasteiger partial charge in [-0.15, -0.1) is 0 Å². The molecule has 1 aromatic heterocycles. The molecule has 27 heavy (non-hydrogen) atoms. The van der Waals surface area contributed by atoms with Crippen LogP contribution in [0.3, 0.4) is 0 Å². The minimum Gasteiger partial charge on any atom is -0.388 e. The molecular weight excluding hydrogens is 328 g/mol. The number of benzene rings is 3. The zero-order valence-electron chi connectivity index (χ0n) is 15.4. The minimum absolute atomic E-state index is 0.341. The Kier molecular flexibility index (Phi) is 3.83. The van der Waals surface area contributed by atoms with E-state index in [4.69, 9.17) is 0 Å². The average molecular weight is 350 g/mol. The lowest BCUT2D eigenvalue weighted by atomic mass is 9.99. The number of aromatic nitrogens is 1. The van der Waals surface area contributed by atoms with Gasteiger partial charge < -0.3 is 9.88 Å². The number of anilines is 1. The number of hydrogen-bond acceptors (Lipinski definition) is 1. The molecule has 1 N–H and O–H groups in total. The van der Waals surface area contributed by atoms with Crippen LogP contribution in [-0.2, 0) is 0 Å². The second-order valence-corrected chi connectivity index (χ2v) is 7.00. The van der Waals surface area contributed by atoms with Gasteiger partial charge in [0.2, 0.25) is 0 Å². The molecule has 132 valence electrons. The number of nitrogens with one attached hydrogen (secondary N) is 1. The van der Waals surface area contributed by atoms with Gasteiger partial charge in [0.1, 0.15) is 0 Å². The van der Waals surface area contributed by atoms with E-state index in [9.17, 15) is 0 Å². The van der Waals surface area contributed by atoms with Crippen molar-refractivity contribution < 1.29 is 0 Å². The van der Waals surface area contributed by atoms with E-state index in [1.165, 1.54) is 38.6 Å². The first-order chi connectivity index (χ1) is 13.4. The van der Waals surface area contributed by atoms with Crippen LogP contribution in [0.2, 0.25) is 0 Å². The lowest BCUT2D eigenvalue weighted by molar-refractivity contribution is 0.648. The minimum atomic E-state index is 0.341. The molecule has 2 nitrogen and oxygen atoms in total. The maximum absolute atomic E-state index is 3.41. The maximum Gasteiger partial charge on any atom is 0.0560 e. The lowest BCUT2D eigenvalue weighted by Gasteiger charge is -2.18. The molecule has 1 atom stereocenters. The number of fused-ring (bicyclic) bond motifs is 3. The summed E-state index contributed by atoms with van der Waals surface area (Å²) in [6.45, 7) is 0. The molecule has 0 aliphatic heterocycles. The van der Waals surface area contributed by atoms with Gasteiger partial charge in [-0.25, -0.2) is 0 Å². The number of hydrogen-bond donors (Lipinski definition) is 1. The Morgan fingerprint density at radius 1 is 0.815 bits per heavy atom. The van der Waals surface area contributed by atoms with Gasteiger partial charge in [0.15, 0.2) is 0 Å². The van der Waals surface area contributed by atoms with Crippen LogP contribution in [0.4, 0.5) is 5.69 Å². The van der Waals surface area contributed by atoms with E-state index in [1.54, 1.807) is 0 Å². The summed E-state index contributed by atoms with van der Waals surface area (Å²) >= 11 is 0. The van der Waals surface area contributed by atoms with Crippen molar-refractivity contribution in [3.8, 4) is 11.1 Å². The molecule has 0 radical (unpaired) electrons. The molecule has 0 amide bonds. The Morgan fingerprint density at radius 2 is 1.59 bits per heavy atom. The van der Waals surface area contributed by atoms with Gasteiger partial charge in [0.05, 0.1) is 17.1 Å². The van der Waals surface area contributed by atoms with Crippen molar-refractivity contribution in [3.63, 3.8) is 0 Å². The standard InChI is InChI=1S/C25H22N2/c1-26-21-15-9-17-23-25(21)24-20(18-10-4-2-5-11-18)14-8-16-22(24)27(23)19-12-6-3-7-13-19/h2-12,14-17,19,26H,13H2,1H3. The maximum atomic E-state index is 3.41. The van der Waals surface area contributed by atoms with E-state index in [-0.39, 0.29) is 0 Å². The number of rotatable bonds is 3. The Hall–Kier alpha value is -3.26. The molecule has 0 saturated carbocycles. The highest BCUT2D eigenvalue weighted by molar-refractivity contribution is 6.19. The van der Waals surface area contributed by atoms with Gasteiger partial charge in [-0.3, -0.25) is 0 Å². The van der Waals surface area contributed by atoms with Crippen molar-refractivity contribution in [3.05, 3.63) is 91.0 Å². The van der Waals surface area contributed by atoms with Crippen LogP contribution in [0.1, 0.15) is 12.5 Å². The SMILES string of the molecule is CNc1cccc2c1c1c(-c3ccccc3)cccc1n2C1C=CC=CC1. The van der Waals surface area contributed by atoms with Crippen molar-refractivity contribution >= 4 is 27.5 Å². The van der Waals surface area contributed by atoms with E-state index in [0.717, 1.165) is 6.42 Å². The fourth-order valence-electron chi connectivity index (χ4n) is 4.32. The van der Waals surface area contributed by atoms with Crippen molar-refractivity contribution in [1.29, 1.82) is 0 Å². The van der Waals surface area contributed by atoms with E-state index >= 15 is 0 Å². The largest absolute Gasteiger partial charge is 0.388 e. The second kappa shape index (κ2) is 6.48. The van der Waals surface area contributed by atoms with Crippen LogP contribution in [0, 0.1) is 0 Å². The number of allylic oxidation sites excluding steroid dienone is 4. The summed E-state index contributed by atoms with van der Waals surface area (Å²) in [5.74, 6) is 0. The summed E-state index contributed by atoms with van der Waals surface area (Å²) in [6.07, 6.45) is 9.88. The molecule has 4 aromatic rings. The van der Waals surface area contributed by atoms with Crippen molar-refractivity contribution in [2.75, 3.05) is 12.4 Å². The third-order valence-electron chi connectivity index (χ3n) is 5.50. The molecule has 0 saturated heterocycles. The summed E-state index contributed by atoms with van der Waals surface area (Å²) in [4.78, 5) is 0. The summed E-state index contributed by atoms with van der Waals surface area (Å²) in [5, 5.41) is 6.04. The fraction of sp³-hybridized carbons (Fsp3) is 0.120. The second-order valence-electron chi connectivity index (χ2n) is 7.00. The monoisotopic (exact) mass is 350 g/mol. The Balaban J connectivity index is 1.93.